The van der Waals surface area contributed by atoms with Gasteiger partial charge in [0, 0.05) is 23.6 Å². The van der Waals surface area contributed by atoms with E-state index in [-0.39, 0.29) is 17.1 Å². The molecular weight excluding hydrogens is 400 g/mol. The van der Waals surface area contributed by atoms with Gasteiger partial charge in [0.05, 0.1) is 5.75 Å². The molecule has 29 heavy (non-hydrogen) atoms. The molecule has 2 amide bonds. The number of imidazole rings is 1. The molecule has 3 aromatic rings. The lowest BCUT2D eigenvalue weighted by Crippen LogP contribution is -2.31. The Morgan fingerprint density at radius 3 is 2.66 bits per heavy atom. The first kappa shape index (κ1) is 20.5. The number of imide groups is 1. The third-order valence-electron chi connectivity index (χ3n) is 3.81. The number of halogens is 2. The van der Waals surface area contributed by atoms with Gasteiger partial charge in [-0.2, -0.15) is 8.78 Å². The van der Waals surface area contributed by atoms with Gasteiger partial charge in [-0.05, 0) is 48.9 Å². The normalized spacial score (nSPS) is 10.8. The van der Waals surface area contributed by atoms with Gasteiger partial charge in [0.15, 0.2) is 5.16 Å². The standard InChI is InChI=1S/C20H17F2N3O3S/c1-13-3-2-4-15(11-13)25-10-9-23-20(25)29-12-17(26)24-18(27)14-5-7-16(8-6-14)28-19(21)22/h2-11,19H,12H2,1H3,(H,24,26,27). The van der Waals surface area contributed by atoms with E-state index >= 15 is 0 Å². The number of rotatable bonds is 7. The Morgan fingerprint density at radius 1 is 1.21 bits per heavy atom. The van der Waals surface area contributed by atoms with Crippen LogP contribution in [0.1, 0.15) is 15.9 Å². The molecule has 9 heteroatoms. The first-order chi connectivity index (χ1) is 13.9. The van der Waals surface area contributed by atoms with Crippen molar-refractivity contribution in [3.8, 4) is 11.4 Å². The van der Waals surface area contributed by atoms with Crippen LogP contribution >= 0.6 is 11.8 Å². The fraction of sp³-hybridized carbons (Fsp3) is 0.150. The molecule has 2 aromatic carbocycles. The lowest BCUT2D eigenvalue weighted by atomic mass is 10.2. The second-order valence-corrected chi connectivity index (χ2v) is 6.93. The highest BCUT2D eigenvalue weighted by Gasteiger charge is 2.14. The number of carbonyl (C=O) groups excluding carboxylic acids is 2. The number of hydrogen-bond acceptors (Lipinski definition) is 5. The van der Waals surface area contributed by atoms with Gasteiger partial charge in [0.2, 0.25) is 5.91 Å². The Morgan fingerprint density at radius 2 is 1.97 bits per heavy atom. The first-order valence-corrected chi connectivity index (χ1v) is 9.53. The van der Waals surface area contributed by atoms with Crippen LogP contribution in [0, 0.1) is 6.92 Å². The minimum atomic E-state index is -2.94. The summed E-state index contributed by atoms with van der Waals surface area (Å²) in [5.41, 5.74) is 2.18. The average molecular weight is 417 g/mol. The number of ether oxygens (including phenoxy) is 1. The molecule has 1 N–H and O–H groups in total. The van der Waals surface area contributed by atoms with Gasteiger partial charge in [-0.1, -0.05) is 23.9 Å². The highest BCUT2D eigenvalue weighted by Crippen LogP contribution is 2.21. The highest BCUT2D eigenvalue weighted by molar-refractivity contribution is 7.99. The largest absolute Gasteiger partial charge is 0.435 e. The second-order valence-electron chi connectivity index (χ2n) is 5.99. The Balaban J connectivity index is 1.57. The summed E-state index contributed by atoms with van der Waals surface area (Å²) in [5.74, 6) is -1.20. The van der Waals surface area contributed by atoms with E-state index in [4.69, 9.17) is 0 Å². The Kier molecular flexibility index (Phi) is 6.61. The zero-order chi connectivity index (χ0) is 20.8. The summed E-state index contributed by atoms with van der Waals surface area (Å²) in [6.07, 6.45) is 3.43. The van der Waals surface area contributed by atoms with E-state index in [2.05, 4.69) is 15.0 Å². The molecule has 0 saturated heterocycles. The topological polar surface area (TPSA) is 73.2 Å². The van der Waals surface area contributed by atoms with Crippen LogP contribution in [-0.4, -0.2) is 33.7 Å². The summed E-state index contributed by atoms with van der Waals surface area (Å²) >= 11 is 1.19. The monoisotopic (exact) mass is 417 g/mol. The maximum Gasteiger partial charge on any atom is 0.387 e. The van der Waals surface area contributed by atoms with Gasteiger partial charge in [-0.3, -0.25) is 19.5 Å². The number of carbonyl (C=O) groups is 2. The van der Waals surface area contributed by atoms with E-state index in [1.165, 1.54) is 36.0 Å². The van der Waals surface area contributed by atoms with E-state index in [0.717, 1.165) is 11.3 Å². The molecular formula is C20H17F2N3O3S. The quantitative estimate of drug-likeness (QED) is 0.592. The number of amides is 2. The third-order valence-corrected chi connectivity index (χ3v) is 4.78. The van der Waals surface area contributed by atoms with Crippen molar-refractivity contribution >= 4 is 23.6 Å². The van der Waals surface area contributed by atoms with Crippen molar-refractivity contribution < 1.29 is 23.1 Å². The zero-order valence-electron chi connectivity index (χ0n) is 15.3. The highest BCUT2D eigenvalue weighted by atomic mass is 32.2. The van der Waals surface area contributed by atoms with Crippen molar-refractivity contribution in [2.45, 2.75) is 18.7 Å². The van der Waals surface area contributed by atoms with Gasteiger partial charge < -0.3 is 4.74 Å². The fourth-order valence-electron chi connectivity index (χ4n) is 2.52. The van der Waals surface area contributed by atoms with Gasteiger partial charge in [-0.15, -0.1) is 0 Å². The van der Waals surface area contributed by atoms with E-state index in [1.807, 2.05) is 35.8 Å². The summed E-state index contributed by atoms with van der Waals surface area (Å²) in [6.45, 7) is -0.959. The average Bonchev–Trinajstić information content (AvgIpc) is 3.15. The molecule has 0 aliphatic rings. The van der Waals surface area contributed by atoms with E-state index in [0.29, 0.717) is 5.16 Å². The van der Waals surface area contributed by atoms with Crippen molar-refractivity contribution in [1.82, 2.24) is 14.9 Å². The number of aryl methyl sites for hydroxylation is 1. The summed E-state index contributed by atoms with van der Waals surface area (Å²) in [4.78, 5) is 28.5. The number of hydrogen-bond donors (Lipinski definition) is 1. The Hall–Kier alpha value is -3.20. The van der Waals surface area contributed by atoms with Gasteiger partial charge in [-0.25, -0.2) is 4.98 Å². The summed E-state index contributed by atoms with van der Waals surface area (Å²) in [5, 5.41) is 2.88. The molecule has 0 aliphatic carbocycles. The minimum Gasteiger partial charge on any atom is -0.435 e. The van der Waals surface area contributed by atoms with Crippen molar-refractivity contribution in [3.05, 3.63) is 72.1 Å². The smallest absolute Gasteiger partial charge is 0.387 e. The zero-order valence-corrected chi connectivity index (χ0v) is 16.2. The van der Waals surface area contributed by atoms with E-state index in [9.17, 15) is 18.4 Å². The molecule has 0 radical (unpaired) electrons. The number of aromatic nitrogens is 2. The van der Waals surface area contributed by atoms with Crippen molar-refractivity contribution in [2.24, 2.45) is 0 Å². The van der Waals surface area contributed by atoms with Crippen LogP contribution in [0.4, 0.5) is 8.78 Å². The predicted octanol–water partition coefficient (Wildman–Crippen LogP) is 3.83. The summed E-state index contributed by atoms with van der Waals surface area (Å²) in [7, 11) is 0. The molecule has 150 valence electrons. The molecule has 0 atom stereocenters. The van der Waals surface area contributed by atoms with Gasteiger partial charge >= 0.3 is 6.61 Å². The maximum absolute atomic E-state index is 12.2. The van der Waals surface area contributed by atoms with Crippen LogP contribution in [0.5, 0.6) is 5.75 Å². The number of nitrogens with one attached hydrogen (secondary N) is 1. The fourth-order valence-corrected chi connectivity index (χ4v) is 3.30. The summed E-state index contributed by atoms with van der Waals surface area (Å²) in [6, 6.07) is 12.9. The Bertz CT molecular complexity index is 1010. The second kappa shape index (κ2) is 9.33. The van der Waals surface area contributed by atoms with Crippen molar-refractivity contribution in [1.29, 1.82) is 0 Å². The van der Waals surface area contributed by atoms with Crippen LogP contribution in [0.25, 0.3) is 5.69 Å². The molecule has 0 aliphatic heterocycles. The van der Waals surface area contributed by atoms with Gasteiger partial charge in [0.25, 0.3) is 5.91 Å². The SMILES string of the molecule is Cc1cccc(-n2ccnc2SCC(=O)NC(=O)c2ccc(OC(F)F)cc2)c1. The molecule has 1 heterocycles. The molecule has 3 rings (SSSR count). The molecule has 0 unspecified atom stereocenters. The molecule has 0 bridgehead atoms. The van der Waals surface area contributed by atoms with Crippen LogP contribution in [-0.2, 0) is 4.79 Å². The number of nitrogens with zero attached hydrogens (tertiary/aromatic N) is 2. The molecule has 1 aromatic heterocycles. The van der Waals surface area contributed by atoms with Crippen molar-refractivity contribution in [3.63, 3.8) is 0 Å². The molecule has 0 spiro atoms. The molecule has 0 fully saturated rings. The first-order valence-electron chi connectivity index (χ1n) is 8.54. The summed E-state index contributed by atoms with van der Waals surface area (Å²) < 4.78 is 30.4. The number of alkyl halides is 2. The van der Waals surface area contributed by atoms with Crippen LogP contribution in [0.2, 0.25) is 0 Å². The lowest BCUT2D eigenvalue weighted by molar-refractivity contribution is -0.117. The van der Waals surface area contributed by atoms with Gasteiger partial charge in [0.1, 0.15) is 5.75 Å². The lowest BCUT2D eigenvalue weighted by Gasteiger charge is -2.09. The van der Waals surface area contributed by atoms with Crippen LogP contribution in [0.3, 0.4) is 0 Å². The maximum atomic E-state index is 12.2. The van der Waals surface area contributed by atoms with Crippen LogP contribution < -0.4 is 10.1 Å². The van der Waals surface area contributed by atoms with Crippen LogP contribution in [0.15, 0.2) is 66.1 Å². The van der Waals surface area contributed by atoms with Crippen molar-refractivity contribution in [2.75, 3.05) is 5.75 Å². The minimum absolute atomic E-state index is 0.0128. The van der Waals surface area contributed by atoms with E-state index in [1.54, 1.807) is 12.4 Å². The molecule has 0 saturated carbocycles. The van der Waals surface area contributed by atoms with E-state index < -0.39 is 18.4 Å². The Labute approximate surface area is 169 Å². The molecule has 6 nitrogen and oxygen atoms in total. The number of thioether (sulfide) groups is 1. The predicted molar refractivity (Wildman–Crippen MR) is 105 cm³/mol. The third kappa shape index (κ3) is 5.64. The number of benzene rings is 2.